The van der Waals surface area contributed by atoms with Gasteiger partial charge in [0, 0.05) is 17.6 Å². The van der Waals surface area contributed by atoms with Crippen LogP contribution in [0.4, 0.5) is 22.7 Å². The molecule has 0 aliphatic carbocycles. The topological polar surface area (TPSA) is 68.2 Å². The zero-order valence-electron chi connectivity index (χ0n) is 16.1. The molecule has 3 aromatic rings. The van der Waals surface area contributed by atoms with Crippen LogP contribution < -0.4 is 15.5 Å². The Morgan fingerprint density at radius 1 is 0.966 bits per heavy atom. The molecule has 0 heterocycles. The van der Waals surface area contributed by atoms with Crippen LogP contribution in [0.3, 0.4) is 0 Å². The van der Waals surface area contributed by atoms with E-state index in [1.54, 1.807) is 0 Å². The Morgan fingerprint density at radius 2 is 1.62 bits per heavy atom. The van der Waals surface area contributed by atoms with Gasteiger partial charge in [-0.05, 0) is 36.4 Å². The summed E-state index contributed by atoms with van der Waals surface area (Å²) in [6, 6.07) is 27.6. The SMILES string of the molecule is CN(c1ccccc1)c1ccccc1NCC(=O)Nc1ccccc1SCC#N. The third kappa shape index (κ3) is 5.53. The quantitative estimate of drug-likeness (QED) is 0.512. The second-order valence-electron chi connectivity index (χ2n) is 6.26. The first-order chi connectivity index (χ1) is 14.2. The monoisotopic (exact) mass is 402 g/mol. The number of carbonyl (C=O) groups is 1. The highest BCUT2D eigenvalue weighted by Gasteiger charge is 2.11. The minimum absolute atomic E-state index is 0.136. The van der Waals surface area contributed by atoms with Crippen LogP contribution in [0.1, 0.15) is 0 Å². The first-order valence-electron chi connectivity index (χ1n) is 9.19. The number of amides is 1. The summed E-state index contributed by atoms with van der Waals surface area (Å²) < 4.78 is 0. The zero-order chi connectivity index (χ0) is 20.5. The number of rotatable bonds is 8. The zero-order valence-corrected chi connectivity index (χ0v) is 16.9. The summed E-state index contributed by atoms with van der Waals surface area (Å²) in [6.07, 6.45) is 0. The Bertz CT molecular complexity index is 1000. The number of anilines is 4. The molecule has 5 nitrogen and oxygen atoms in total. The Labute approximate surface area is 175 Å². The highest BCUT2D eigenvalue weighted by molar-refractivity contribution is 7.99. The predicted octanol–water partition coefficient (Wildman–Crippen LogP) is 5.12. The highest BCUT2D eigenvalue weighted by atomic mass is 32.2. The number of benzene rings is 3. The fourth-order valence-corrected chi connectivity index (χ4v) is 3.55. The van der Waals surface area contributed by atoms with Gasteiger partial charge in [0.1, 0.15) is 0 Å². The standard InChI is InChI=1S/C23H22N4OS/c1-27(18-9-3-2-4-10-18)21-13-7-5-11-19(21)25-17-23(28)26-20-12-6-8-14-22(20)29-16-15-24/h2-14,25H,16-17H2,1H3,(H,26,28). The van der Waals surface area contributed by atoms with Crippen LogP contribution in [-0.2, 0) is 4.79 Å². The number of nitriles is 1. The van der Waals surface area contributed by atoms with Crippen molar-refractivity contribution in [2.24, 2.45) is 0 Å². The molecule has 3 rings (SSSR count). The molecule has 0 aliphatic heterocycles. The Hall–Kier alpha value is -3.43. The van der Waals surface area contributed by atoms with Gasteiger partial charge in [0.05, 0.1) is 35.4 Å². The summed E-state index contributed by atoms with van der Waals surface area (Å²) in [5, 5.41) is 15.0. The maximum atomic E-state index is 12.5. The van der Waals surface area contributed by atoms with Gasteiger partial charge in [-0.1, -0.05) is 42.5 Å². The number of carbonyl (C=O) groups excluding carboxylic acids is 1. The van der Waals surface area contributed by atoms with Crippen molar-refractivity contribution in [2.45, 2.75) is 4.90 Å². The summed E-state index contributed by atoms with van der Waals surface area (Å²) in [5.74, 6) is 0.191. The van der Waals surface area contributed by atoms with Crippen molar-refractivity contribution in [2.75, 3.05) is 34.9 Å². The van der Waals surface area contributed by atoms with Crippen LogP contribution in [0.25, 0.3) is 0 Å². The average molecular weight is 403 g/mol. The molecule has 6 heteroatoms. The Kier molecular flexibility index (Phi) is 7.15. The summed E-state index contributed by atoms with van der Waals surface area (Å²) in [4.78, 5) is 15.5. The van der Waals surface area contributed by atoms with Crippen LogP contribution in [0.2, 0.25) is 0 Å². The summed E-state index contributed by atoms with van der Waals surface area (Å²) in [6.45, 7) is 0.136. The third-order valence-electron chi connectivity index (χ3n) is 4.30. The predicted molar refractivity (Wildman–Crippen MR) is 121 cm³/mol. The lowest BCUT2D eigenvalue weighted by molar-refractivity contribution is -0.114. The number of hydrogen-bond donors (Lipinski definition) is 2. The number of thioether (sulfide) groups is 1. The molecule has 3 aromatic carbocycles. The van der Waals surface area contributed by atoms with E-state index in [1.807, 2.05) is 85.9 Å². The minimum Gasteiger partial charge on any atom is -0.374 e. The van der Waals surface area contributed by atoms with E-state index in [2.05, 4.69) is 21.6 Å². The first-order valence-corrected chi connectivity index (χ1v) is 10.2. The van der Waals surface area contributed by atoms with Gasteiger partial charge in [-0.3, -0.25) is 4.79 Å². The molecule has 146 valence electrons. The van der Waals surface area contributed by atoms with E-state index in [4.69, 9.17) is 5.26 Å². The lowest BCUT2D eigenvalue weighted by Gasteiger charge is -2.23. The smallest absolute Gasteiger partial charge is 0.243 e. The van der Waals surface area contributed by atoms with Gasteiger partial charge in [-0.25, -0.2) is 0 Å². The van der Waals surface area contributed by atoms with E-state index in [0.717, 1.165) is 22.0 Å². The van der Waals surface area contributed by atoms with Crippen molar-refractivity contribution in [3.63, 3.8) is 0 Å². The van der Waals surface area contributed by atoms with Crippen molar-refractivity contribution in [3.8, 4) is 6.07 Å². The largest absolute Gasteiger partial charge is 0.374 e. The van der Waals surface area contributed by atoms with E-state index in [-0.39, 0.29) is 12.5 Å². The molecule has 0 saturated carbocycles. The molecular weight excluding hydrogens is 380 g/mol. The number of para-hydroxylation sites is 4. The van der Waals surface area contributed by atoms with Gasteiger partial charge in [-0.2, -0.15) is 5.26 Å². The Balaban J connectivity index is 1.67. The van der Waals surface area contributed by atoms with Gasteiger partial charge in [0.2, 0.25) is 5.91 Å². The molecule has 1 amide bonds. The Morgan fingerprint density at radius 3 is 2.38 bits per heavy atom. The van der Waals surface area contributed by atoms with Gasteiger partial charge in [-0.15, -0.1) is 11.8 Å². The molecule has 0 spiro atoms. The minimum atomic E-state index is -0.146. The molecule has 0 aromatic heterocycles. The molecule has 0 aliphatic rings. The van der Waals surface area contributed by atoms with Crippen molar-refractivity contribution in [1.82, 2.24) is 0 Å². The number of nitrogens with one attached hydrogen (secondary N) is 2. The van der Waals surface area contributed by atoms with Crippen molar-refractivity contribution >= 4 is 40.4 Å². The van der Waals surface area contributed by atoms with E-state index in [0.29, 0.717) is 11.4 Å². The fourth-order valence-electron chi connectivity index (χ4n) is 2.88. The second kappa shape index (κ2) is 10.2. The summed E-state index contributed by atoms with van der Waals surface area (Å²) in [7, 11) is 2.00. The van der Waals surface area contributed by atoms with E-state index >= 15 is 0 Å². The third-order valence-corrected chi connectivity index (χ3v) is 5.24. The lowest BCUT2D eigenvalue weighted by Crippen LogP contribution is -2.23. The molecule has 0 radical (unpaired) electrons. The van der Waals surface area contributed by atoms with Crippen molar-refractivity contribution < 1.29 is 4.79 Å². The van der Waals surface area contributed by atoms with Gasteiger partial charge < -0.3 is 15.5 Å². The van der Waals surface area contributed by atoms with Crippen LogP contribution >= 0.6 is 11.8 Å². The van der Waals surface area contributed by atoms with Crippen LogP contribution in [0, 0.1) is 11.3 Å². The van der Waals surface area contributed by atoms with Crippen molar-refractivity contribution in [3.05, 3.63) is 78.9 Å². The molecule has 29 heavy (non-hydrogen) atoms. The molecular formula is C23H22N4OS. The summed E-state index contributed by atoms with van der Waals surface area (Å²) >= 11 is 1.40. The molecule has 2 N–H and O–H groups in total. The van der Waals surface area contributed by atoms with E-state index in [9.17, 15) is 4.79 Å². The first kappa shape index (κ1) is 20.3. The van der Waals surface area contributed by atoms with Crippen LogP contribution in [0.15, 0.2) is 83.8 Å². The van der Waals surface area contributed by atoms with Gasteiger partial charge in [0.15, 0.2) is 0 Å². The van der Waals surface area contributed by atoms with Gasteiger partial charge in [0.25, 0.3) is 0 Å². The van der Waals surface area contributed by atoms with Crippen LogP contribution in [-0.4, -0.2) is 25.3 Å². The summed E-state index contributed by atoms with van der Waals surface area (Å²) in [5.41, 5.74) is 3.64. The number of hydrogen-bond acceptors (Lipinski definition) is 5. The average Bonchev–Trinajstić information content (AvgIpc) is 2.77. The second-order valence-corrected chi connectivity index (χ2v) is 7.27. The fraction of sp³-hybridized carbons (Fsp3) is 0.130. The molecule has 0 saturated heterocycles. The normalized spacial score (nSPS) is 10.1. The number of nitrogens with zero attached hydrogens (tertiary/aromatic N) is 2. The molecule has 0 unspecified atom stereocenters. The van der Waals surface area contributed by atoms with Crippen LogP contribution in [0.5, 0.6) is 0 Å². The molecule has 0 fully saturated rings. The molecule has 0 atom stereocenters. The molecule has 0 bridgehead atoms. The van der Waals surface area contributed by atoms with E-state index < -0.39 is 0 Å². The van der Waals surface area contributed by atoms with Crippen molar-refractivity contribution in [1.29, 1.82) is 5.26 Å². The maximum Gasteiger partial charge on any atom is 0.243 e. The van der Waals surface area contributed by atoms with E-state index in [1.165, 1.54) is 11.8 Å². The highest BCUT2D eigenvalue weighted by Crippen LogP contribution is 2.30. The van der Waals surface area contributed by atoms with Gasteiger partial charge >= 0.3 is 0 Å². The lowest BCUT2D eigenvalue weighted by atomic mass is 10.2. The maximum absolute atomic E-state index is 12.5.